The van der Waals surface area contributed by atoms with Crippen molar-refractivity contribution in [3.63, 3.8) is 0 Å². The van der Waals surface area contributed by atoms with Gasteiger partial charge in [-0.15, -0.1) is 0 Å². The van der Waals surface area contributed by atoms with Crippen LogP contribution in [0, 0.1) is 11.3 Å². The third kappa shape index (κ3) is 5.86. The number of aliphatic carboxylic acids is 1. The van der Waals surface area contributed by atoms with Gasteiger partial charge in [-0.3, -0.25) is 4.79 Å². The molecule has 0 bridgehead atoms. The lowest BCUT2D eigenvalue weighted by Crippen LogP contribution is -2.50. The number of nitrogens with one attached hydrogen (secondary N) is 1. The lowest BCUT2D eigenvalue weighted by atomic mass is 10.0. The molecule has 0 saturated carbocycles. The summed E-state index contributed by atoms with van der Waals surface area (Å²) in [5.74, 6) is -0.968. The number of amides is 2. The summed E-state index contributed by atoms with van der Waals surface area (Å²) in [4.78, 5) is 23.4. The number of carbonyl (C=O) groups is 2. The van der Waals surface area contributed by atoms with Crippen molar-refractivity contribution in [3.05, 3.63) is 0 Å². The molecule has 0 radical (unpaired) electrons. The summed E-state index contributed by atoms with van der Waals surface area (Å²) in [5.41, 5.74) is -0.802. The largest absolute Gasteiger partial charge is 0.481 e. The fourth-order valence-corrected chi connectivity index (χ4v) is 1.13. The van der Waals surface area contributed by atoms with Crippen molar-refractivity contribution in [1.29, 1.82) is 5.26 Å². The smallest absolute Gasteiger partial charge is 0.317 e. The Balaban J connectivity index is 4.22. The molecular formula is C10H17N3O3. The van der Waals surface area contributed by atoms with E-state index in [4.69, 9.17) is 10.4 Å². The molecular weight excluding hydrogens is 210 g/mol. The molecule has 0 aromatic heterocycles. The minimum Gasteiger partial charge on any atom is -0.481 e. The van der Waals surface area contributed by atoms with Gasteiger partial charge in [-0.1, -0.05) is 0 Å². The highest BCUT2D eigenvalue weighted by atomic mass is 16.4. The third-order valence-electron chi connectivity index (χ3n) is 1.94. The maximum absolute atomic E-state index is 11.6. The normalized spacial score (nSPS) is 10.4. The molecule has 0 aliphatic carbocycles. The van der Waals surface area contributed by atoms with Crippen molar-refractivity contribution >= 4 is 12.0 Å². The van der Waals surface area contributed by atoms with Crippen LogP contribution in [-0.4, -0.2) is 41.1 Å². The summed E-state index contributed by atoms with van der Waals surface area (Å²) in [7, 11) is 1.56. The Labute approximate surface area is 94.8 Å². The monoisotopic (exact) mass is 227 g/mol. The summed E-state index contributed by atoms with van der Waals surface area (Å²) in [5, 5.41) is 19.6. The summed E-state index contributed by atoms with van der Waals surface area (Å²) < 4.78 is 0. The SMILES string of the molecule is CN(CCC#N)C(=O)NC(C)(C)CC(=O)O. The predicted molar refractivity (Wildman–Crippen MR) is 57.7 cm³/mol. The molecule has 0 aliphatic heterocycles. The highest BCUT2D eigenvalue weighted by Gasteiger charge is 2.25. The lowest BCUT2D eigenvalue weighted by Gasteiger charge is -2.27. The molecule has 0 unspecified atom stereocenters. The van der Waals surface area contributed by atoms with Crippen molar-refractivity contribution in [1.82, 2.24) is 10.2 Å². The van der Waals surface area contributed by atoms with E-state index in [2.05, 4.69) is 5.32 Å². The molecule has 6 nitrogen and oxygen atoms in total. The fourth-order valence-electron chi connectivity index (χ4n) is 1.13. The molecule has 0 fully saturated rings. The van der Waals surface area contributed by atoms with Gasteiger partial charge >= 0.3 is 12.0 Å². The van der Waals surface area contributed by atoms with Crippen LogP contribution in [0.25, 0.3) is 0 Å². The number of hydrogen-bond acceptors (Lipinski definition) is 3. The molecule has 0 rings (SSSR count). The van der Waals surface area contributed by atoms with E-state index in [1.54, 1.807) is 20.9 Å². The standard InChI is InChI=1S/C10H17N3O3/c1-10(2,7-8(14)15)12-9(16)13(3)6-4-5-11/h4,6-7H2,1-3H3,(H,12,16)(H,14,15). The summed E-state index contributed by atoms with van der Waals surface area (Å²) >= 11 is 0. The van der Waals surface area contributed by atoms with Crippen LogP contribution in [0.5, 0.6) is 0 Å². The molecule has 90 valence electrons. The zero-order valence-corrected chi connectivity index (χ0v) is 9.78. The maximum atomic E-state index is 11.6. The number of carboxylic acid groups (broad SMARTS) is 1. The molecule has 0 aromatic carbocycles. The summed E-state index contributed by atoms with van der Waals surface area (Å²) in [6.07, 6.45) is 0.105. The van der Waals surface area contributed by atoms with Gasteiger partial charge in [0.1, 0.15) is 0 Å². The molecule has 2 N–H and O–H groups in total. The molecule has 0 heterocycles. The Morgan fingerprint density at radius 3 is 2.50 bits per heavy atom. The van der Waals surface area contributed by atoms with Crippen molar-refractivity contribution < 1.29 is 14.7 Å². The molecule has 16 heavy (non-hydrogen) atoms. The van der Waals surface area contributed by atoms with E-state index >= 15 is 0 Å². The van der Waals surface area contributed by atoms with Gasteiger partial charge in [0.25, 0.3) is 0 Å². The minimum absolute atomic E-state index is 0.148. The Morgan fingerprint density at radius 1 is 1.50 bits per heavy atom. The first kappa shape index (κ1) is 14.2. The van der Waals surface area contributed by atoms with E-state index in [1.807, 2.05) is 6.07 Å². The van der Waals surface area contributed by atoms with Crippen LogP contribution < -0.4 is 5.32 Å². The average Bonchev–Trinajstić information content (AvgIpc) is 2.10. The highest BCUT2D eigenvalue weighted by molar-refractivity contribution is 5.76. The molecule has 0 aromatic rings. The Morgan fingerprint density at radius 2 is 2.06 bits per heavy atom. The van der Waals surface area contributed by atoms with E-state index in [0.29, 0.717) is 6.54 Å². The van der Waals surface area contributed by atoms with Crippen molar-refractivity contribution in [2.24, 2.45) is 0 Å². The van der Waals surface area contributed by atoms with Crippen molar-refractivity contribution in [2.75, 3.05) is 13.6 Å². The number of urea groups is 1. The average molecular weight is 227 g/mol. The number of nitriles is 1. The fraction of sp³-hybridized carbons (Fsp3) is 0.700. The van der Waals surface area contributed by atoms with E-state index in [0.717, 1.165) is 0 Å². The van der Waals surface area contributed by atoms with E-state index in [-0.39, 0.29) is 18.9 Å². The molecule has 0 saturated heterocycles. The Hall–Kier alpha value is -1.77. The summed E-state index contributed by atoms with van der Waals surface area (Å²) in [6, 6.07) is 1.56. The number of nitrogens with zero attached hydrogens (tertiary/aromatic N) is 2. The molecule has 6 heteroatoms. The number of rotatable bonds is 5. The first-order valence-corrected chi connectivity index (χ1v) is 4.90. The van der Waals surface area contributed by atoms with Gasteiger partial charge in [0.15, 0.2) is 0 Å². The van der Waals surface area contributed by atoms with Gasteiger partial charge in [-0.25, -0.2) is 4.79 Å². The number of carbonyl (C=O) groups excluding carboxylic acids is 1. The molecule has 0 aliphatic rings. The lowest BCUT2D eigenvalue weighted by molar-refractivity contribution is -0.138. The Kier molecular flexibility index (Phi) is 5.30. The molecule has 0 atom stereocenters. The van der Waals surface area contributed by atoms with Crippen LogP contribution in [0.4, 0.5) is 4.79 Å². The molecule has 0 spiro atoms. The second kappa shape index (κ2) is 5.95. The van der Waals surface area contributed by atoms with Gasteiger partial charge in [-0.05, 0) is 13.8 Å². The number of carboxylic acids is 1. The second-order valence-corrected chi connectivity index (χ2v) is 4.21. The van der Waals surface area contributed by atoms with Crippen LogP contribution in [0.2, 0.25) is 0 Å². The van der Waals surface area contributed by atoms with Crippen LogP contribution in [0.3, 0.4) is 0 Å². The van der Waals surface area contributed by atoms with Crippen LogP contribution in [0.15, 0.2) is 0 Å². The van der Waals surface area contributed by atoms with Gasteiger partial charge < -0.3 is 15.3 Å². The predicted octanol–water partition coefficient (Wildman–Crippen LogP) is 0.795. The van der Waals surface area contributed by atoms with E-state index in [1.165, 1.54) is 4.90 Å². The topological polar surface area (TPSA) is 93.4 Å². The highest BCUT2D eigenvalue weighted by Crippen LogP contribution is 2.08. The van der Waals surface area contributed by atoms with Crippen LogP contribution in [0.1, 0.15) is 26.7 Å². The van der Waals surface area contributed by atoms with Gasteiger partial charge in [0, 0.05) is 19.1 Å². The van der Waals surface area contributed by atoms with Crippen LogP contribution >= 0.6 is 0 Å². The van der Waals surface area contributed by atoms with Crippen molar-refractivity contribution in [2.45, 2.75) is 32.2 Å². The van der Waals surface area contributed by atoms with Crippen molar-refractivity contribution in [3.8, 4) is 6.07 Å². The van der Waals surface area contributed by atoms with E-state index in [9.17, 15) is 9.59 Å². The quantitative estimate of drug-likeness (QED) is 0.726. The first-order chi connectivity index (χ1) is 7.28. The zero-order valence-electron chi connectivity index (χ0n) is 9.78. The Bertz CT molecular complexity index is 307. The zero-order chi connectivity index (χ0) is 12.8. The van der Waals surface area contributed by atoms with Gasteiger partial charge in [0.05, 0.1) is 18.9 Å². The minimum atomic E-state index is -0.968. The van der Waals surface area contributed by atoms with Gasteiger partial charge in [0.2, 0.25) is 0 Å². The first-order valence-electron chi connectivity index (χ1n) is 4.90. The number of hydrogen-bond donors (Lipinski definition) is 2. The van der Waals surface area contributed by atoms with E-state index < -0.39 is 11.5 Å². The molecule has 2 amide bonds. The summed E-state index contributed by atoms with van der Waals surface area (Å²) in [6.45, 7) is 3.60. The van der Waals surface area contributed by atoms with Gasteiger partial charge in [-0.2, -0.15) is 5.26 Å². The third-order valence-corrected chi connectivity index (χ3v) is 1.94. The second-order valence-electron chi connectivity index (χ2n) is 4.21. The van der Waals surface area contributed by atoms with Crippen LogP contribution in [-0.2, 0) is 4.79 Å². The maximum Gasteiger partial charge on any atom is 0.317 e.